The molecule has 2 rings (SSSR count). The van der Waals surface area contributed by atoms with Crippen LogP contribution < -0.4 is 5.32 Å². The second-order valence-corrected chi connectivity index (χ2v) is 5.73. The molecule has 0 spiro atoms. The Kier molecular flexibility index (Phi) is 3.98. The molecule has 2 aromatic rings. The van der Waals surface area contributed by atoms with Crippen molar-refractivity contribution in [3.8, 4) is 0 Å². The smallest absolute Gasteiger partial charge is 0.324 e. The van der Waals surface area contributed by atoms with Crippen molar-refractivity contribution in [1.82, 2.24) is 0 Å². The molecule has 6 heteroatoms. The highest BCUT2D eigenvalue weighted by atomic mass is 79.9. The van der Waals surface area contributed by atoms with Gasteiger partial charge >= 0.3 is 5.00 Å². The van der Waals surface area contributed by atoms with Crippen molar-refractivity contribution in [1.29, 1.82) is 0 Å². The minimum Gasteiger partial charge on any atom is -0.381 e. The predicted molar refractivity (Wildman–Crippen MR) is 77.2 cm³/mol. The first-order chi connectivity index (χ1) is 8.54. The molecule has 0 radical (unpaired) electrons. The molecule has 0 unspecified atom stereocenters. The fourth-order valence-corrected chi connectivity index (χ4v) is 2.93. The molecule has 0 saturated heterocycles. The van der Waals surface area contributed by atoms with Crippen molar-refractivity contribution in [2.75, 3.05) is 5.32 Å². The molecular formula is C12H11BrN2O2S. The van der Waals surface area contributed by atoms with E-state index in [4.69, 9.17) is 0 Å². The lowest BCUT2D eigenvalue weighted by Crippen LogP contribution is -1.98. The maximum atomic E-state index is 10.6. The normalized spacial score (nSPS) is 10.3. The maximum absolute atomic E-state index is 10.6. The Morgan fingerprint density at radius 1 is 1.39 bits per heavy atom. The summed E-state index contributed by atoms with van der Waals surface area (Å²) in [6.07, 6.45) is 0. The van der Waals surface area contributed by atoms with Gasteiger partial charge in [0.2, 0.25) is 0 Å². The maximum Gasteiger partial charge on any atom is 0.324 e. The highest BCUT2D eigenvalue weighted by Gasteiger charge is 2.09. The van der Waals surface area contributed by atoms with Crippen LogP contribution in [0.4, 0.5) is 10.7 Å². The van der Waals surface area contributed by atoms with E-state index < -0.39 is 0 Å². The van der Waals surface area contributed by atoms with Gasteiger partial charge in [-0.15, -0.1) is 0 Å². The van der Waals surface area contributed by atoms with Crippen LogP contribution in [0.5, 0.6) is 0 Å². The second-order valence-electron chi connectivity index (χ2n) is 3.92. The molecule has 1 heterocycles. The highest BCUT2D eigenvalue weighted by Crippen LogP contribution is 2.24. The number of hydrogen-bond acceptors (Lipinski definition) is 4. The van der Waals surface area contributed by atoms with Gasteiger partial charge in [0, 0.05) is 28.2 Å². The third kappa shape index (κ3) is 3.30. The van der Waals surface area contributed by atoms with Gasteiger partial charge in [-0.3, -0.25) is 10.1 Å². The van der Waals surface area contributed by atoms with Crippen LogP contribution in [0.15, 0.2) is 34.1 Å². The van der Waals surface area contributed by atoms with Crippen LogP contribution in [-0.4, -0.2) is 4.92 Å². The molecule has 0 aliphatic rings. The van der Waals surface area contributed by atoms with Crippen LogP contribution in [0.1, 0.15) is 11.1 Å². The molecule has 0 atom stereocenters. The number of benzene rings is 1. The van der Waals surface area contributed by atoms with Crippen molar-refractivity contribution in [2.24, 2.45) is 0 Å². The Hall–Kier alpha value is -1.40. The van der Waals surface area contributed by atoms with Crippen LogP contribution >= 0.6 is 27.3 Å². The van der Waals surface area contributed by atoms with Gasteiger partial charge in [-0.1, -0.05) is 27.3 Å². The molecule has 1 aromatic carbocycles. The van der Waals surface area contributed by atoms with E-state index in [9.17, 15) is 10.1 Å². The summed E-state index contributed by atoms with van der Waals surface area (Å²) in [7, 11) is 0. The summed E-state index contributed by atoms with van der Waals surface area (Å²) in [4.78, 5) is 10.2. The van der Waals surface area contributed by atoms with Gasteiger partial charge in [-0.2, -0.15) is 0 Å². The van der Waals surface area contributed by atoms with Crippen LogP contribution in [0, 0.1) is 17.0 Å². The summed E-state index contributed by atoms with van der Waals surface area (Å²) in [5.74, 6) is 0. The van der Waals surface area contributed by atoms with E-state index in [-0.39, 0.29) is 9.92 Å². The number of nitrogens with one attached hydrogen (secondary N) is 1. The zero-order valence-electron chi connectivity index (χ0n) is 9.64. The molecule has 4 nitrogen and oxygen atoms in total. The van der Waals surface area contributed by atoms with Crippen molar-refractivity contribution >= 4 is 38.0 Å². The fraction of sp³-hybridized carbons (Fsp3) is 0.167. The van der Waals surface area contributed by atoms with E-state index in [0.29, 0.717) is 6.54 Å². The first-order valence-corrected chi connectivity index (χ1v) is 6.95. The van der Waals surface area contributed by atoms with Gasteiger partial charge in [0.25, 0.3) is 0 Å². The molecule has 1 aromatic heterocycles. The van der Waals surface area contributed by atoms with E-state index in [1.165, 1.54) is 0 Å². The van der Waals surface area contributed by atoms with Gasteiger partial charge in [0.15, 0.2) is 0 Å². The van der Waals surface area contributed by atoms with Crippen molar-refractivity contribution < 1.29 is 4.92 Å². The number of nitrogens with zero attached hydrogens (tertiary/aromatic N) is 1. The largest absolute Gasteiger partial charge is 0.381 e. The number of aryl methyl sites for hydroxylation is 1. The quantitative estimate of drug-likeness (QED) is 0.671. The third-order valence-corrected chi connectivity index (χ3v) is 3.75. The Morgan fingerprint density at radius 2 is 2.17 bits per heavy atom. The lowest BCUT2D eigenvalue weighted by Gasteiger charge is -2.06. The van der Waals surface area contributed by atoms with Crippen LogP contribution in [0.2, 0.25) is 0 Å². The molecular weight excluding hydrogens is 316 g/mol. The number of hydrogen-bond donors (Lipinski definition) is 1. The summed E-state index contributed by atoms with van der Waals surface area (Å²) in [6, 6.07) is 7.64. The summed E-state index contributed by atoms with van der Waals surface area (Å²) < 4.78 is 1.02. The summed E-state index contributed by atoms with van der Waals surface area (Å²) in [5.41, 5.74) is 3.07. The Morgan fingerprint density at radius 3 is 2.78 bits per heavy atom. The predicted octanol–water partition coefficient (Wildman–Crippen LogP) is 4.34. The Bertz CT molecular complexity index is 563. The van der Waals surface area contributed by atoms with Crippen molar-refractivity contribution in [3.63, 3.8) is 0 Å². The highest BCUT2D eigenvalue weighted by molar-refractivity contribution is 9.10. The van der Waals surface area contributed by atoms with Gasteiger partial charge in [0.05, 0.1) is 4.92 Å². The zero-order valence-corrected chi connectivity index (χ0v) is 12.0. The molecule has 0 saturated carbocycles. The van der Waals surface area contributed by atoms with E-state index >= 15 is 0 Å². The van der Waals surface area contributed by atoms with Gasteiger partial charge in [0.1, 0.15) is 0 Å². The topological polar surface area (TPSA) is 55.2 Å². The second kappa shape index (κ2) is 5.49. The fourth-order valence-electron chi connectivity index (χ4n) is 1.59. The number of halogens is 1. The van der Waals surface area contributed by atoms with Gasteiger partial charge < -0.3 is 5.32 Å². The van der Waals surface area contributed by atoms with Crippen LogP contribution in [0.3, 0.4) is 0 Å². The molecule has 0 amide bonds. The lowest BCUT2D eigenvalue weighted by atomic mass is 10.2. The standard InChI is InChI=1S/C12H11BrN2O2S/c1-8-2-10(13)5-11(3-8)14-6-9-4-12(15(16)17)18-7-9/h2-5,7,14H,6H2,1H3. The summed E-state index contributed by atoms with van der Waals surface area (Å²) >= 11 is 4.59. The van der Waals surface area contributed by atoms with E-state index in [1.54, 1.807) is 11.4 Å². The van der Waals surface area contributed by atoms with Gasteiger partial charge in [-0.05, 0) is 36.2 Å². The summed E-state index contributed by atoms with van der Waals surface area (Å²) in [6.45, 7) is 2.60. The lowest BCUT2D eigenvalue weighted by molar-refractivity contribution is -0.380. The molecule has 0 bridgehead atoms. The number of anilines is 1. The number of thiophene rings is 1. The molecule has 18 heavy (non-hydrogen) atoms. The number of nitro groups is 1. The molecule has 1 N–H and O–H groups in total. The van der Waals surface area contributed by atoms with E-state index in [1.807, 2.05) is 25.1 Å². The van der Waals surface area contributed by atoms with Crippen molar-refractivity contribution in [2.45, 2.75) is 13.5 Å². The Labute approximate surface area is 117 Å². The number of rotatable bonds is 4. The van der Waals surface area contributed by atoms with Crippen LogP contribution in [0.25, 0.3) is 0 Å². The van der Waals surface area contributed by atoms with E-state index in [2.05, 4.69) is 21.2 Å². The SMILES string of the molecule is Cc1cc(Br)cc(NCc2csc([N+](=O)[O-])c2)c1. The minimum atomic E-state index is -0.364. The average molecular weight is 327 g/mol. The third-order valence-electron chi connectivity index (χ3n) is 2.36. The minimum absolute atomic E-state index is 0.178. The van der Waals surface area contributed by atoms with Crippen LogP contribution in [-0.2, 0) is 6.54 Å². The molecule has 0 aliphatic carbocycles. The van der Waals surface area contributed by atoms with E-state index in [0.717, 1.165) is 32.6 Å². The molecule has 94 valence electrons. The zero-order chi connectivity index (χ0) is 13.1. The molecule has 0 fully saturated rings. The van der Waals surface area contributed by atoms with Crippen molar-refractivity contribution in [3.05, 3.63) is 55.4 Å². The first kappa shape index (κ1) is 13.0. The van der Waals surface area contributed by atoms with Gasteiger partial charge in [-0.25, -0.2) is 0 Å². The first-order valence-electron chi connectivity index (χ1n) is 5.27. The monoisotopic (exact) mass is 326 g/mol. The summed E-state index contributed by atoms with van der Waals surface area (Å²) in [5, 5.41) is 15.8. The average Bonchev–Trinajstić information content (AvgIpc) is 2.73. The molecule has 0 aliphatic heterocycles. The Balaban J connectivity index is 2.04.